The summed E-state index contributed by atoms with van der Waals surface area (Å²) in [6.07, 6.45) is 1.46. The summed E-state index contributed by atoms with van der Waals surface area (Å²) in [7, 11) is -3.69. The quantitative estimate of drug-likeness (QED) is 0.747. The molecule has 0 atom stereocenters. The van der Waals surface area contributed by atoms with Crippen molar-refractivity contribution in [3.05, 3.63) is 34.4 Å². The molecule has 2 aromatic rings. The predicted molar refractivity (Wildman–Crippen MR) is 72.7 cm³/mol. The second-order valence-corrected chi connectivity index (χ2v) is 6.26. The normalized spacial score (nSPS) is 11.4. The van der Waals surface area contributed by atoms with E-state index in [1.807, 2.05) is 0 Å². The first-order valence-corrected chi connectivity index (χ1v) is 7.25. The lowest BCUT2D eigenvalue weighted by Gasteiger charge is -2.11. The van der Waals surface area contributed by atoms with Gasteiger partial charge in [0.15, 0.2) is 0 Å². The fourth-order valence-electron chi connectivity index (χ4n) is 1.47. The second kappa shape index (κ2) is 4.62. The fraction of sp³-hybridized carbons (Fsp3) is 0.100. The van der Waals surface area contributed by atoms with Gasteiger partial charge in [-0.1, -0.05) is 15.9 Å². The molecule has 1 aromatic heterocycles. The molecule has 4 N–H and O–H groups in total. The van der Waals surface area contributed by atoms with Gasteiger partial charge in [-0.15, -0.1) is 0 Å². The Morgan fingerprint density at radius 2 is 2.17 bits per heavy atom. The largest absolute Gasteiger partial charge is 0.398 e. The molecular weight excluding hydrogens is 320 g/mol. The zero-order valence-electron chi connectivity index (χ0n) is 9.44. The average Bonchev–Trinajstić information content (AvgIpc) is 2.75. The third kappa shape index (κ3) is 2.49. The minimum atomic E-state index is -3.69. The first-order valence-electron chi connectivity index (χ1n) is 4.98. The SMILES string of the molecule is Cc1c(N)cc(Br)cc1S(=O)(=O)Nc1ccn[nH]1. The number of anilines is 2. The number of nitrogens with one attached hydrogen (secondary N) is 2. The molecule has 18 heavy (non-hydrogen) atoms. The molecule has 0 amide bonds. The summed E-state index contributed by atoms with van der Waals surface area (Å²) >= 11 is 3.23. The number of nitrogens with two attached hydrogens (primary N) is 1. The van der Waals surface area contributed by atoms with Crippen molar-refractivity contribution in [1.29, 1.82) is 0 Å². The van der Waals surface area contributed by atoms with Crippen LogP contribution in [0.15, 0.2) is 33.8 Å². The second-order valence-electron chi connectivity index (χ2n) is 3.69. The Balaban J connectivity index is 2.48. The molecule has 2 rings (SSSR count). The molecule has 0 aliphatic rings. The van der Waals surface area contributed by atoms with Gasteiger partial charge in [-0.3, -0.25) is 9.82 Å². The number of sulfonamides is 1. The minimum absolute atomic E-state index is 0.129. The van der Waals surface area contributed by atoms with E-state index >= 15 is 0 Å². The number of hydrogen-bond donors (Lipinski definition) is 3. The summed E-state index contributed by atoms with van der Waals surface area (Å²) in [4.78, 5) is 0.129. The fourth-order valence-corrected chi connectivity index (χ4v) is 3.41. The highest BCUT2D eigenvalue weighted by molar-refractivity contribution is 9.10. The lowest BCUT2D eigenvalue weighted by atomic mass is 10.2. The summed E-state index contributed by atoms with van der Waals surface area (Å²) in [5.41, 5.74) is 6.67. The first kappa shape index (κ1) is 12.9. The highest BCUT2D eigenvalue weighted by Gasteiger charge is 2.19. The topological polar surface area (TPSA) is 101 Å². The lowest BCUT2D eigenvalue weighted by molar-refractivity contribution is 0.600. The molecule has 0 aliphatic carbocycles. The zero-order chi connectivity index (χ0) is 13.3. The number of benzene rings is 1. The standard InChI is InChI=1S/C10H11BrN4O2S/c1-6-8(12)4-7(11)5-9(6)18(16,17)15-10-2-3-13-14-10/h2-5H,12H2,1H3,(H2,13,14,15). The van der Waals surface area contributed by atoms with E-state index < -0.39 is 10.0 Å². The number of aromatic amines is 1. The van der Waals surface area contributed by atoms with Gasteiger partial charge < -0.3 is 5.73 Å². The van der Waals surface area contributed by atoms with E-state index in [1.165, 1.54) is 18.3 Å². The molecule has 96 valence electrons. The van der Waals surface area contributed by atoms with Crippen molar-refractivity contribution in [3.8, 4) is 0 Å². The minimum Gasteiger partial charge on any atom is -0.398 e. The van der Waals surface area contributed by atoms with Gasteiger partial charge in [0.2, 0.25) is 0 Å². The van der Waals surface area contributed by atoms with E-state index in [9.17, 15) is 8.42 Å². The zero-order valence-corrected chi connectivity index (χ0v) is 11.8. The summed E-state index contributed by atoms with van der Waals surface area (Å²) < 4.78 is 27.4. The van der Waals surface area contributed by atoms with Gasteiger partial charge in [0.05, 0.1) is 11.1 Å². The third-order valence-corrected chi connectivity index (χ3v) is 4.35. The Hall–Kier alpha value is -1.54. The third-order valence-electron chi connectivity index (χ3n) is 2.40. The molecule has 1 aromatic carbocycles. The summed E-state index contributed by atoms with van der Waals surface area (Å²) in [5.74, 6) is 0.299. The van der Waals surface area contributed by atoms with E-state index in [0.29, 0.717) is 21.5 Å². The van der Waals surface area contributed by atoms with Crippen molar-refractivity contribution in [2.24, 2.45) is 0 Å². The summed E-state index contributed by atoms with van der Waals surface area (Å²) in [6, 6.07) is 4.68. The van der Waals surface area contributed by atoms with Gasteiger partial charge in [0.1, 0.15) is 5.82 Å². The van der Waals surface area contributed by atoms with Crippen LogP contribution in [0.5, 0.6) is 0 Å². The number of aromatic nitrogens is 2. The van der Waals surface area contributed by atoms with E-state index in [4.69, 9.17) is 5.73 Å². The summed E-state index contributed by atoms with van der Waals surface area (Å²) in [6.45, 7) is 1.66. The molecule has 6 nitrogen and oxygen atoms in total. The van der Waals surface area contributed by atoms with Gasteiger partial charge in [0.25, 0.3) is 10.0 Å². The molecule has 0 aliphatic heterocycles. The van der Waals surface area contributed by atoms with Crippen LogP contribution in [-0.2, 0) is 10.0 Å². The Morgan fingerprint density at radius 3 is 2.78 bits per heavy atom. The average molecular weight is 331 g/mol. The molecule has 0 fully saturated rings. The maximum atomic E-state index is 12.2. The van der Waals surface area contributed by atoms with Gasteiger partial charge in [-0.25, -0.2) is 8.42 Å². The van der Waals surface area contributed by atoms with Gasteiger partial charge >= 0.3 is 0 Å². The van der Waals surface area contributed by atoms with Crippen molar-refractivity contribution >= 4 is 37.5 Å². The molecular formula is C10H11BrN4O2S. The van der Waals surface area contributed by atoms with E-state index in [-0.39, 0.29) is 4.90 Å². The molecule has 8 heteroatoms. The van der Waals surface area contributed by atoms with Crippen LogP contribution >= 0.6 is 15.9 Å². The van der Waals surface area contributed by atoms with Crippen molar-refractivity contribution in [3.63, 3.8) is 0 Å². The first-order chi connectivity index (χ1) is 8.40. The van der Waals surface area contributed by atoms with Crippen LogP contribution in [0.1, 0.15) is 5.56 Å². The number of hydrogen-bond acceptors (Lipinski definition) is 4. The van der Waals surface area contributed by atoms with Crippen LogP contribution < -0.4 is 10.5 Å². The molecule has 1 heterocycles. The van der Waals surface area contributed by atoms with Crippen LogP contribution in [0.2, 0.25) is 0 Å². The van der Waals surface area contributed by atoms with Crippen molar-refractivity contribution in [2.75, 3.05) is 10.5 Å². The van der Waals surface area contributed by atoms with E-state index in [1.54, 1.807) is 13.0 Å². The maximum absolute atomic E-state index is 12.2. The molecule has 0 spiro atoms. The van der Waals surface area contributed by atoms with Crippen LogP contribution in [0.25, 0.3) is 0 Å². The highest BCUT2D eigenvalue weighted by atomic mass is 79.9. The van der Waals surface area contributed by atoms with Crippen molar-refractivity contribution in [2.45, 2.75) is 11.8 Å². The Labute approximate surface area is 113 Å². The Morgan fingerprint density at radius 1 is 1.44 bits per heavy atom. The molecule has 0 saturated heterocycles. The summed E-state index contributed by atoms with van der Waals surface area (Å²) in [5, 5.41) is 6.20. The van der Waals surface area contributed by atoms with Crippen LogP contribution in [-0.4, -0.2) is 18.6 Å². The smallest absolute Gasteiger partial charge is 0.263 e. The van der Waals surface area contributed by atoms with Crippen LogP contribution in [0, 0.1) is 6.92 Å². The van der Waals surface area contributed by atoms with Gasteiger partial charge in [0, 0.05) is 16.2 Å². The number of rotatable bonds is 3. The molecule has 0 saturated carbocycles. The maximum Gasteiger partial charge on any atom is 0.263 e. The number of H-pyrrole nitrogens is 1. The Bertz CT molecular complexity index is 667. The van der Waals surface area contributed by atoms with E-state index in [0.717, 1.165) is 0 Å². The van der Waals surface area contributed by atoms with Crippen LogP contribution in [0.4, 0.5) is 11.5 Å². The molecule has 0 radical (unpaired) electrons. The number of nitrogen functional groups attached to an aromatic ring is 1. The van der Waals surface area contributed by atoms with Gasteiger partial charge in [-0.05, 0) is 24.6 Å². The lowest BCUT2D eigenvalue weighted by Crippen LogP contribution is -2.15. The monoisotopic (exact) mass is 330 g/mol. The molecule has 0 bridgehead atoms. The number of halogens is 1. The Kier molecular flexibility index (Phi) is 3.31. The van der Waals surface area contributed by atoms with Crippen LogP contribution in [0.3, 0.4) is 0 Å². The highest BCUT2D eigenvalue weighted by Crippen LogP contribution is 2.27. The van der Waals surface area contributed by atoms with E-state index in [2.05, 4.69) is 30.8 Å². The van der Waals surface area contributed by atoms with Crippen molar-refractivity contribution in [1.82, 2.24) is 10.2 Å². The van der Waals surface area contributed by atoms with Gasteiger partial charge in [-0.2, -0.15) is 5.10 Å². The predicted octanol–water partition coefficient (Wildman–Crippen LogP) is 1.86. The van der Waals surface area contributed by atoms with Crippen molar-refractivity contribution < 1.29 is 8.42 Å². The molecule has 0 unspecified atom stereocenters. The number of nitrogens with zero attached hydrogens (tertiary/aromatic N) is 1.